The van der Waals surface area contributed by atoms with Crippen LogP contribution in [0.25, 0.3) is 0 Å². The normalized spacial score (nSPS) is 24.2. The summed E-state index contributed by atoms with van der Waals surface area (Å²) < 4.78 is 5.99. The van der Waals surface area contributed by atoms with Crippen molar-refractivity contribution in [2.75, 3.05) is 7.05 Å². The van der Waals surface area contributed by atoms with E-state index in [-0.39, 0.29) is 6.10 Å². The molecule has 0 heterocycles. The third kappa shape index (κ3) is 3.97. The minimum absolute atomic E-state index is 0.243. The van der Waals surface area contributed by atoms with Crippen LogP contribution < -0.4 is 10.1 Å². The van der Waals surface area contributed by atoms with Crippen molar-refractivity contribution >= 4 is 0 Å². The lowest BCUT2D eigenvalue weighted by molar-refractivity contribution is 0.237. The van der Waals surface area contributed by atoms with Crippen molar-refractivity contribution in [3.8, 4) is 5.75 Å². The summed E-state index contributed by atoms with van der Waals surface area (Å²) in [5.74, 6) is 1.72. The lowest BCUT2D eigenvalue weighted by atomic mass is 9.89. The molecule has 1 aromatic rings. The number of ether oxygens (including phenoxy) is 1. The monoisotopic (exact) mass is 261 g/mol. The third-order valence-corrected chi connectivity index (χ3v) is 4.05. The standard InChI is InChI=1S/C17H27NO/c1-13(2)19-17-11-7-6-10-16(17)14-8-4-5-9-15(12-14)18-3/h6-7,10-11,13-15,18H,4-5,8-9,12H2,1-3H3. The van der Waals surface area contributed by atoms with E-state index in [1.165, 1.54) is 37.7 Å². The molecule has 0 amide bonds. The summed E-state index contributed by atoms with van der Waals surface area (Å²) in [5, 5.41) is 3.46. The van der Waals surface area contributed by atoms with Crippen LogP contribution in [0.5, 0.6) is 5.75 Å². The van der Waals surface area contributed by atoms with Gasteiger partial charge in [0.25, 0.3) is 0 Å². The Morgan fingerprint density at radius 3 is 2.63 bits per heavy atom. The molecule has 1 aliphatic carbocycles. The van der Waals surface area contributed by atoms with Gasteiger partial charge in [-0.2, -0.15) is 0 Å². The Kier molecular flexibility index (Phi) is 5.26. The smallest absolute Gasteiger partial charge is 0.123 e. The van der Waals surface area contributed by atoms with Gasteiger partial charge in [0.1, 0.15) is 5.75 Å². The van der Waals surface area contributed by atoms with Gasteiger partial charge in [-0.15, -0.1) is 0 Å². The molecule has 1 fully saturated rings. The average molecular weight is 261 g/mol. The highest BCUT2D eigenvalue weighted by Crippen LogP contribution is 2.36. The van der Waals surface area contributed by atoms with Crippen LogP contribution >= 0.6 is 0 Å². The van der Waals surface area contributed by atoms with Crippen LogP contribution in [0.15, 0.2) is 24.3 Å². The molecule has 106 valence electrons. The molecular formula is C17H27NO. The molecule has 0 radical (unpaired) electrons. The molecule has 2 heteroatoms. The topological polar surface area (TPSA) is 21.3 Å². The highest BCUT2D eigenvalue weighted by Gasteiger charge is 2.23. The Hall–Kier alpha value is -1.02. The van der Waals surface area contributed by atoms with Crippen LogP contribution in [0, 0.1) is 0 Å². The molecule has 0 saturated heterocycles. The van der Waals surface area contributed by atoms with E-state index >= 15 is 0 Å². The molecule has 1 saturated carbocycles. The maximum Gasteiger partial charge on any atom is 0.123 e. The number of hydrogen-bond acceptors (Lipinski definition) is 2. The summed E-state index contributed by atoms with van der Waals surface area (Å²) in [4.78, 5) is 0. The van der Waals surface area contributed by atoms with Gasteiger partial charge in [-0.05, 0) is 57.7 Å². The first-order chi connectivity index (χ1) is 9.20. The SMILES string of the molecule is CNC1CCCCC(c2ccccc2OC(C)C)C1. The van der Waals surface area contributed by atoms with Crippen molar-refractivity contribution in [1.82, 2.24) is 5.32 Å². The third-order valence-electron chi connectivity index (χ3n) is 4.05. The fourth-order valence-corrected chi connectivity index (χ4v) is 3.08. The first-order valence-electron chi connectivity index (χ1n) is 7.63. The lowest BCUT2D eigenvalue weighted by Crippen LogP contribution is -2.26. The molecule has 1 aliphatic rings. The van der Waals surface area contributed by atoms with E-state index in [1.54, 1.807) is 0 Å². The molecule has 2 rings (SSSR count). The second-order valence-corrected chi connectivity index (χ2v) is 5.91. The number of hydrogen-bond donors (Lipinski definition) is 1. The first-order valence-corrected chi connectivity index (χ1v) is 7.63. The average Bonchev–Trinajstić information content (AvgIpc) is 2.64. The molecule has 0 bridgehead atoms. The van der Waals surface area contributed by atoms with Gasteiger partial charge in [0.2, 0.25) is 0 Å². The summed E-state index contributed by atoms with van der Waals surface area (Å²) in [6.45, 7) is 4.19. The number of benzene rings is 1. The van der Waals surface area contributed by atoms with Crippen LogP contribution in [-0.4, -0.2) is 19.2 Å². The van der Waals surface area contributed by atoms with Crippen molar-refractivity contribution in [2.45, 2.75) is 64.0 Å². The van der Waals surface area contributed by atoms with Gasteiger partial charge in [-0.3, -0.25) is 0 Å². The highest BCUT2D eigenvalue weighted by atomic mass is 16.5. The first kappa shape index (κ1) is 14.4. The summed E-state index contributed by atoms with van der Waals surface area (Å²) in [7, 11) is 2.09. The van der Waals surface area contributed by atoms with Gasteiger partial charge >= 0.3 is 0 Å². The van der Waals surface area contributed by atoms with Crippen molar-refractivity contribution < 1.29 is 4.74 Å². The summed E-state index contributed by atoms with van der Waals surface area (Å²) in [6.07, 6.45) is 6.74. The number of rotatable bonds is 4. The minimum Gasteiger partial charge on any atom is -0.491 e. The Morgan fingerprint density at radius 2 is 1.89 bits per heavy atom. The van der Waals surface area contributed by atoms with Crippen LogP contribution in [0.4, 0.5) is 0 Å². The van der Waals surface area contributed by atoms with E-state index in [2.05, 4.69) is 50.5 Å². The van der Waals surface area contributed by atoms with Crippen LogP contribution in [0.2, 0.25) is 0 Å². The van der Waals surface area contributed by atoms with Crippen LogP contribution in [-0.2, 0) is 0 Å². The van der Waals surface area contributed by atoms with E-state index < -0.39 is 0 Å². The predicted octanol–water partition coefficient (Wildman–Crippen LogP) is 4.11. The van der Waals surface area contributed by atoms with Gasteiger partial charge in [-0.25, -0.2) is 0 Å². The highest BCUT2D eigenvalue weighted by molar-refractivity contribution is 5.36. The second kappa shape index (κ2) is 6.95. The van der Waals surface area contributed by atoms with E-state index in [0.29, 0.717) is 12.0 Å². The zero-order chi connectivity index (χ0) is 13.7. The quantitative estimate of drug-likeness (QED) is 0.824. The molecule has 1 aromatic carbocycles. The molecule has 19 heavy (non-hydrogen) atoms. The van der Waals surface area contributed by atoms with Crippen LogP contribution in [0.3, 0.4) is 0 Å². The Labute approximate surface area is 117 Å². The van der Waals surface area contributed by atoms with E-state index in [9.17, 15) is 0 Å². The largest absolute Gasteiger partial charge is 0.491 e. The second-order valence-electron chi connectivity index (χ2n) is 5.91. The Bertz CT molecular complexity index is 389. The van der Waals surface area contributed by atoms with Gasteiger partial charge < -0.3 is 10.1 Å². The maximum absolute atomic E-state index is 5.99. The minimum atomic E-state index is 0.243. The van der Waals surface area contributed by atoms with Gasteiger partial charge in [0.05, 0.1) is 6.10 Å². The Morgan fingerprint density at radius 1 is 1.16 bits per heavy atom. The Balaban J connectivity index is 2.19. The number of para-hydroxylation sites is 1. The van der Waals surface area contributed by atoms with Crippen molar-refractivity contribution in [2.24, 2.45) is 0 Å². The maximum atomic E-state index is 5.99. The van der Waals surface area contributed by atoms with Gasteiger partial charge in [0.15, 0.2) is 0 Å². The van der Waals surface area contributed by atoms with Crippen LogP contribution in [0.1, 0.15) is 57.4 Å². The molecule has 0 aromatic heterocycles. The van der Waals surface area contributed by atoms with Gasteiger partial charge in [-0.1, -0.05) is 31.0 Å². The molecule has 0 spiro atoms. The predicted molar refractivity (Wildman–Crippen MR) is 80.9 cm³/mol. The van der Waals surface area contributed by atoms with Crippen molar-refractivity contribution in [3.05, 3.63) is 29.8 Å². The molecule has 1 N–H and O–H groups in total. The summed E-state index contributed by atoms with van der Waals surface area (Å²) >= 11 is 0. The molecule has 2 nitrogen and oxygen atoms in total. The molecule has 2 unspecified atom stereocenters. The fourth-order valence-electron chi connectivity index (χ4n) is 3.08. The van der Waals surface area contributed by atoms with Crippen molar-refractivity contribution in [3.63, 3.8) is 0 Å². The zero-order valence-corrected chi connectivity index (χ0v) is 12.5. The summed E-state index contributed by atoms with van der Waals surface area (Å²) in [5.41, 5.74) is 1.40. The molecule has 2 atom stereocenters. The van der Waals surface area contributed by atoms with Gasteiger partial charge in [0, 0.05) is 6.04 Å². The molecular weight excluding hydrogens is 234 g/mol. The van der Waals surface area contributed by atoms with E-state index in [4.69, 9.17) is 4.74 Å². The number of nitrogens with one attached hydrogen (secondary N) is 1. The molecule has 0 aliphatic heterocycles. The zero-order valence-electron chi connectivity index (χ0n) is 12.5. The fraction of sp³-hybridized carbons (Fsp3) is 0.647. The lowest BCUT2D eigenvalue weighted by Gasteiger charge is -2.23. The summed E-state index contributed by atoms with van der Waals surface area (Å²) in [6, 6.07) is 9.24. The van der Waals surface area contributed by atoms with E-state index in [0.717, 1.165) is 5.75 Å². The van der Waals surface area contributed by atoms with Crippen molar-refractivity contribution in [1.29, 1.82) is 0 Å². The van der Waals surface area contributed by atoms with E-state index in [1.807, 2.05) is 0 Å².